The van der Waals surface area contributed by atoms with E-state index >= 15 is 0 Å². The Labute approximate surface area is 109 Å². The van der Waals surface area contributed by atoms with Crippen molar-refractivity contribution in [3.8, 4) is 0 Å². The third-order valence-corrected chi connectivity index (χ3v) is 4.47. The van der Waals surface area contributed by atoms with Gasteiger partial charge in [0.15, 0.2) is 0 Å². The molecule has 1 aromatic rings. The molecule has 4 nitrogen and oxygen atoms in total. The Bertz CT molecular complexity index is 415. The van der Waals surface area contributed by atoms with Gasteiger partial charge >= 0.3 is 0 Å². The Kier molecular flexibility index (Phi) is 3.39. The molecule has 0 amide bonds. The molecule has 4 heteroatoms. The number of rotatable bonds is 2. The minimum absolute atomic E-state index is 0.307. The van der Waals surface area contributed by atoms with E-state index in [9.17, 15) is 5.11 Å². The van der Waals surface area contributed by atoms with E-state index in [4.69, 9.17) is 0 Å². The van der Waals surface area contributed by atoms with Crippen LogP contribution in [0.4, 0.5) is 0 Å². The number of aryl methyl sites for hydroxylation is 1. The molecule has 3 rings (SSSR count). The highest BCUT2D eigenvalue weighted by Gasteiger charge is 2.27. The number of piperidine rings is 1. The van der Waals surface area contributed by atoms with Gasteiger partial charge in [-0.15, -0.1) is 0 Å². The molecule has 0 aliphatic carbocycles. The van der Waals surface area contributed by atoms with E-state index in [1.165, 1.54) is 30.9 Å². The fraction of sp³-hybridized carbons (Fsp3) is 0.786. The van der Waals surface area contributed by atoms with Gasteiger partial charge < -0.3 is 14.6 Å². The topological polar surface area (TPSA) is 41.3 Å². The zero-order valence-electron chi connectivity index (χ0n) is 11.2. The first kappa shape index (κ1) is 12.2. The smallest absolute Gasteiger partial charge is 0.113 e. The molecule has 0 radical (unpaired) electrons. The van der Waals surface area contributed by atoms with Gasteiger partial charge in [0.2, 0.25) is 0 Å². The summed E-state index contributed by atoms with van der Waals surface area (Å²) in [5.74, 6) is 2.26. The molecule has 0 saturated carbocycles. The number of aromatic nitrogens is 2. The molecule has 0 bridgehead atoms. The predicted molar refractivity (Wildman–Crippen MR) is 70.6 cm³/mol. The van der Waals surface area contributed by atoms with Crippen molar-refractivity contribution in [2.75, 3.05) is 26.7 Å². The van der Waals surface area contributed by atoms with Crippen LogP contribution in [0.2, 0.25) is 0 Å². The van der Waals surface area contributed by atoms with E-state index in [1.807, 2.05) is 0 Å². The second-order valence-corrected chi connectivity index (χ2v) is 5.91. The highest BCUT2D eigenvalue weighted by atomic mass is 16.3. The van der Waals surface area contributed by atoms with Crippen LogP contribution in [0.1, 0.15) is 36.7 Å². The number of imidazole rings is 1. The summed E-state index contributed by atoms with van der Waals surface area (Å²) in [6.07, 6.45) is 6.75. The van der Waals surface area contributed by atoms with Crippen LogP contribution in [0.15, 0.2) is 6.20 Å². The maximum atomic E-state index is 9.36. The van der Waals surface area contributed by atoms with Gasteiger partial charge in [0.25, 0.3) is 0 Å². The monoisotopic (exact) mass is 249 g/mol. The van der Waals surface area contributed by atoms with Crippen molar-refractivity contribution in [3.63, 3.8) is 0 Å². The normalized spacial score (nSPS) is 29.2. The van der Waals surface area contributed by atoms with Crippen molar-refractivity contribution in [2.45, 2.75) is 38.1 Å². The molecule has 18 heavy (non-hydrogen) atoms. The predicted octanol–water partition coefficient (Wildman–Crippen LogP) is 1.25. The van der Waals surface area contributed by atoms with Crippen LogP contribution in [0, 0.1) is 5.92 Å². The second-order valence-electron chi connectivity index (χ2n) is 5.91. The summed E-state index contributed by atoms with van der Waals surface area (Å²) in [6.45, 7) is 3.60. The average Bonchev–Trinajstić information content (AvgIpc) is 2.81. The summed E-state index contributed by atoms with van der Waals surface area (Å²) in [4.78, 5) is 7.08. The second kappa shape index (κ2) is 5.02. The van der Waals surface area contributed by atoms with Crippen LogP contribution in [-0.4, -0.2) is 46.3 Å². The summed E-state index contributed by atoms with van der Waals surface area (Å²) in [6, 6.07) is 0. The number of fused-ring (bicyclic) bond motifs is 1. The van der Waals surface area contributed by atoms with E-state index in [1.54, 1.807) is 0 Å². The molecule has 3 heterocycles. The Balaban J connectivity index is 1.83. The van der Waals surface area contributed by atoms with Crippen molar-refractivity contribution in [1.82, 2.24) is 14.5 Å². The standard InChI is InChI=1S/C14H23N3O/c1-16-6-2-3-12(9-16)14-15-7-13-5-4-11(10-18)8-17(13)14/h7,11-12,18H,2-6,8-10H2,1H3. The summed E-state index contributed by atoms with van der Waals surface area (Å²) in [5, 5.41) is 9.36. The maximum absolute atomic E-state index is 9.36. The number of hydrogen-bond acceptors (Lipinski definition) is 3. The van der Waals surface area contributed by atoms with Gasteiger partial charge in [-0.2, -0.15) is 0 Å². The van der Waals surface area contributed by atoms with Gasteiger partial charge in [0, 0.05) is 43.4 Å². The van der Waals surface area contributed by atoms with Crippen LogP contribution in [-0.2, 0) is 13.0 Å². The Morgan fingerprint density at radius 2 is 2.28 bits per heavy atom. The van der Waals surface area contributed by atoms with Gasteiger partial charge in [0.05, 0.1) is 0 Å². The lowest BCUT2D eigenvalue weighted by atomic mass is 9.95. The summed E-state index contributed by atoms with van der Waals surface area (Å²) < 4.78 is 2.38. The Morgan fingerprint density at radius 3 is 3.06 bits per heavy atom. The summed E-state index contributed by atoms with van der Waals surface area (Å²) >= 11 is 0. The lowest BCUT2D eigenvalue weighted by Crippen LogP contribution is -2.33. The number of likely N-dealkylation sites (N-methyl/N-ethyl adjacent to an activating group) is 1. The quantitative estimate of drug-likeness (QED) is 0.857. The molecule has 100 valence electrons. The molecule has 1 N–H and O–H groups in total. The first-order valence-corrected chi connectivity index (χ1v) is 7.11. The third-order valence-electron chi connectivity index (χ3n) is 4.47. The lowest BCUT2D eigenvalue weighted by Gasteiger charge is -2.31. The van der Waals surface area contributed by atoms with Gasteiger partial charge in [-0.3, -0.25) is 0 Å². The highest BCUT2D eigenvalue weighted by Crippen LogP contribution is 2.29. The molecule has 2 unspecified atom stereocenters. The highest BCUT2D eigenvalue weighted by molar-refractivity contribution is 5.13. The maximum Gasteiger partial charge on any atom is 0.113 e. The van der Waals surface area contributed by atoms with Crippen molar-refractivity contribution in [3.05, 3.63) is 17.7 Å². The van der Waals surface area contributed by atoms with Crippen LogP contribution in [0.5, 0.6) is 0 Å². The van der Waals surface area contributed by atoms with Crippen LogP contribution in [0.25, 0.3) is 0 Å². The fourth-order valence-electron chi connectivity index (χ4n) is 3.39. The van der Waals surface area contributed by atoms with Crippen molar-refractivity contribution >= 4 is 0 Å². The number of hydrogen-bond donors (Lipinski definition) is 1. The number of likely N-dealkylation sites (tertiary alicyclic amines) is 1. The van der Waals surface area contributed by atoms with Gasteiger partial charge in [-0.25, -0.2) is 4.98 Å². The molecule has 2 aliphatic rings. The summed E-state index contributed by atoms with van der Waals surface area (Å²) in [5.41, 5.74) is 1.36. The van der Waals surface area contributed by atoms with E-state index in [0.717, 1.165) is 25.9 Å². The molecular formula is C14H23N3O. The Hall–Kier alpha value is -0.870. The van der Waals surface area contributed by atoms with E-state index in [0.29, 0.717) is 18.4 Å². The molecule has 2 atom stereocenters. The van der Waals surface area contributed by atoms with Crippen LogP contribution >= 0.6 is 0 Å². The average molecular weight is 249 g/mol. The zero-order chi connectivity index (χ0) is 12.5. The van der Waals surface area contributed by atoms with Crippen molar-refractivity contribution in [1.29, 1.82) is 0 Å². The molecule has 1 fully saturated rings. The first-order valence-electron chi connectivity index (χ1n) is 7.11. The van der Waals surface area contributed by atoms with E-state index in [-0.39, 0.29) is 0 Å². The zero-order valence-corrected chi connectivity index (χ0v) is 11.2. The van der Waals surface area contributed by atoms with Gasteiger partial charge in [-0.05, 0) is 39.3 Å². The van der Waals surface area contributed by atoms with Crippen LogP contribution in [0.3, 0.4) is 0 Å². The largest absolute Gasteiger partial charge is 0.396 e. The van der Waals surface area contributed by atoms with E-state index < -0.39 is 0 Å². The molecule has 1 saturated heterocycles. The first-order chi connectivity index (χ1) is 8.78. The lowest BCUT2D eigenvalue weighted by molar-refractivity contribution is 0.186. The van der Waals surface area contributed by atoms with E-state index in [2.05, 4.69) is 27.7 Å². The summed E-state index contributed by atoms with van der Waals surface area (Å²) in [7, 11) is 2.20. The minimum Gasteiger partial charge on any atom is -0.396 e. The molecule has 2 aliphatic heterocycles. The molecule has 0 spiro atoms. The molecular weight excluding hydrogens is 226 g/mol. The van der Waals surface area contributed by atoms with Crippen molar-refractivity contribution < 1.29 is 5.11 Å². The number of aliphatic hydroxyl groups is 1. The molecule has 1 aromatic heterocycles. The van der Waals surface area contributed by atoms with Crippen molar-refractivity contribution in [2.24, 2.45) is 5.92 Å². The third kappa shape index (κ3) is 2.19. The Morgan fingerprint density at radius 1 is 1.39 bits per heavy atom. The van der Waals surface area contributed by atoms with Gasteiger partial charge in [-0.1, -0.05) is 0 Å². The molecule has 0 aromatic carbocycles. The van der Waals surface area contributed by atoms with Gasteiger partial charge in [0.1, 0.15) is 5.82 Å². The van der Waals surface area contributed by atoms with Crippen LogP contribution < -0.4 is 0 Å². The minimum atomic E-state index is 0.307. The fourth-order valence-corrected chi connectivity index (χ4v) is 3.39. The SMILES string of the molecule is CN1CCCC(c2ncc3n2CC(CO)CC3)C1. The number of nitrogens with zero attached hydrogens (tertiary/aromatic N) is 3. The number of aliphatic hydroxyl groups excluding tert-OH is 1.